The number of benzene rings is 1. The van der Waals surface area contributed by atoms with E-state index in [2.05, 4.69) is 0 Å². The topological polar surface area (TPSA) is 46.3 Å². The molecule has 1 aliphatic rings. The molecule has 100 valence electrons. The second-order valence-electron chi connectivity index (χ2n) is 4.45. The standard InChI is InChI=1S/C13H17ClN2O.ClH/c14-12-9-10(15)5-6-11(12)13(17)16-7-3-1-2-4-8-16;/h5-6,9H,1-4,7-8,15H2;1H. The Balaban J connectivity index is 0.00000162. The molecule has 2 N–H and O–H groups in total. The average Bonchev–Trinajstić information content (AvgIpc) is 2.56. The molecule has 1 heterocycles. The summed E-state index contributed by atoms with van der Waals surface area (Å²) in [4.78, 5) is 14.2. The van der Waals surface area contributed by atoms with Crippen LogP contribution in [0.1, 0.15) is 36.0 Å². The van der Waals surface area contributed by atoms with Crippen LogP contribution in [0.3, 0.4) is 0 Å². The monoisotopic (exact) mass is 288 g/mol. The van der Waals surface area contributed by atoms with Gasteiger partial charge in [-0.25, -0.2) is 0 Å². The number of hydrogen-bond donors (Lipinski definition) is 1. The van der Waals surface area contributed by atoms with Gasteiger partial charge in [0.15, 0.2) is 0 Å². The number of carbonyl (C=O) groups excluding carboxylic acids is 1. The molecule has 1 amide bonds. The maximum atomic E-state index is 12.3. The summed E-state index contributed by atoms with van der Waals surface area (Å²) >= 11 is 6.06. The SMILES string of the molecule is Cl.Nc1ccc(C(=O)N2CCCCCC2)c(Cl)c1. The molecule has 1 aliphatic heterocycles. The van der Waals surface area contributed by atoms with Crippen molar-refractivity contribution in [1.82, 2.24) is 4.90 Å². The molecule has 5 heteroatoms. The lowest BCUT2D eigenvalue weighted by atomic mass is 10.1. The number of nitrogens with two attached hydrogens (primary N) is 1. The largest absolute Gasteiger partial charge is 0.399 e. The summed E-state index contributed by atoms with van der Waals surface area (Å²) in [6.07, 6.45) is 4.58. The summed E-state index contributed by atoms with van der Waals surface area (Å²) < 4.78 is 0. The minimum absolute atomic E-state index is 0. The molecule has 0 aliphatic carbocycles. The van der Waals surface area contributed by atoms with Crippen LogP contribution in [0.5, 0.6) is 0 Å². The fourth-order valence-corrected chi connectivity index (χ4v) is 2.42. The first-order chi connectivity index (χ1) is 8.18. The van der Waals surface area contributed by atoms with E-state index in [1.165, 1.54) is 12.8 Å². The lowest BCUT2D eigenvalue weighted by Gasteiger charge is -2.20. The first-order valence-corrected chi connectivity index (χ1v) is 6.40. The quantitative estimate of drug-likeness (QED) is 0.806. The van der Waals surface area contributed by atoms with Crippen molar-refractivity contribution in [3.8, 4) is 0 Å². The highest BCUT2D eigenvalue weighted by Gasteiger charge is 2.19. The number of halogens is 2. The molecule has 0 atom stereocenters. The van der Waals surface area contributed by atoms with Gasteiger partial charge >= 0.3 is 0 Å². The molecule has 3 nitrogen and oxygen atoms in total. The molecule has 0 unspecified atom stereocenters. The lowest BCUT2D eigenvalue weighted by molar-refractivity contribution is 0.0762. The first kappa shape index (κ1) is 15.1. The Hall–Kier alpha value is -0.930. The van der Waals surface area contributed by atoms with Gasteiger partial charge in [0.25, 0.3) is 5.91 Å². The van der Waals surface area contributed by atoms with Gasteiger partial charge in [-0.1, -0.05) is 24.4 Å². The summed E-state index contributed by atoms with van der Waals surface area (Å²) in [7, 11) is 0. The third-order valence-electron chi connectivity index (χ3n) is 3.12. The molecule has 2 rings (SSSR count). The Morgan fingerprint density at radius 3 is 2.33 bits per heavy atom. The Bertz CT molecular complexity index is 415. The molecule has 1 saturated heterocycles. The predicted octanol–water partition coefficient (Wildman–Crippen LogP) is 3.36. The van der Waals surface area contributed by atoms with Crippen molar-refractivity contribution in [2.45, 2.75) is 25.7 Å². The zero-order chi connectivity index (χ0) is 12.3. The zero-order valence-electron chi connectivity index (χ0n) is 10.2. The summed E-state index contributed by atoms with van der Waals surface area (Å²) in [5.41, 5.74) is 6.77. The van der Waals surface area contributed by atoms with Crippen molar-refractivity contribution in [3.63, 3.8) is 0 Å². The Morgan fingerprint density at radius 1 is 1.17 bits per heavy atom. The van der Waals surface area contributed by atoms with Crippen LogP contribution in [0.2, 0.25) is 5.02 Å². The number of anilines is 1. The molecule has 0 spiro atoms. The molecule has 1 aromatic rings. The molecule has 0 aromatic heterocycles. The number of carbonyl (C=O) groups is 1. The van der Waals surface area contributed by atoms with Crippen molar-refractivity contribution >= 4 is 35.6 Å². The highest BCUT2D eigenvalue weighted by molar-refractivity contribution is 6.34. The predicted molar refractivity (Wildman–Crippen MR) is 77.5 cm³/mol. The average molecular weight is 289 g/mol. The number of amides is 1. The van der Waals surface area contributed by atoms with Crippen molar-refractivity contribution in [2.24, 2.45) is 0 Å². The molecule has 0 bridgehead atoms. The van der Waals surface area contributed by atoms with Gasteiger partial charge < -0.3 is 10.6 Å². The molecule has 18 heavy (non-hydrogen) atoms. The van der Waals surface area contributed by atoms with Gasteiger partial charge in [-0.2, -0.15) is 0 Å². The van der Waals surface area contributed by atoms with Crippen LogP contribution in [0.15, 0.2) is 18.2 Å². The number of rotatable bonds is 1. The van der Waals surface area contributed by atoms with E-state index >= 15 is 0 Å². The minimum Gasteiger partial charge on any atom is -0.399 e. The smallest absolute Gasteiger partial charge is 0.255 e. The van der Waals surface area contributed by atoms with Crippen molar-refractivity contribution in [2.75, 3.05) is 18.8 Å². The van der Waals surface area contributed by atoms with Crippen LogP contribution in [0.4, 0.5) is 5.69 Å². The Labute approximate surface area is 119 Å². The van der Waals surface area contributed by atoms with Gasteiger partial charge in [-0.15, -0.1) is 12.4 Å². The van der Waals surface area contributed by atoms with Crippen molar-refractivity contribution < 1.29 is 4.79 Å². The van der Waals surface area contributed by atoms with Crippen LogP contribution in [0, 0.1) is 0 Å². The van der Waals surface area contributed by atoms with Gasteiger partial charge in [0.1, 0.15) is 0 Å². The normalized spacial score (nSPS) is 15.7. The van der Waals surface area contributed by atoms with E-state index < -0.39 is 0 Å². The van der Waals surface area contributed by atoms with Gasteiger partial charge in [0.05, 0.1) is 10.6 Å². The number of nitrogen functional groups attached to an aromatic ring is 1. The van der Waals surface area contributed by atoms with E-state index in [0.717, 1.165) is 25.9 Å². The van der Waals surface area contributed by atoms with Crippen LogP contribution >= 0.6 is 24.0 Å². The van der Waals surface area contributed by atoms with Crippen LogP contribution in [-0.2, 0) is 0 Å². The maximum Gasteiger partial charge on any atom is 0.255 e. The highest BCUT2D eigenvalue weighted by atomic mass is 35.5. The number of likely N-dealkylation sites (tertiary alicyclic amines) is 1. The fraction of sp³-hybridized carbons (Fsp3) is 0.462. The van der Waals surface area contributed by atoms with Crippen molar-refractivity contribution in [1.29, 1.82) is 0 Å². The molecule has 0 radical (unpaired) electrons. The first-order valence-electron chi connectivity index (χ1n) is 6.03. The Morgan fingerprint density at radius 2 is 1.78 bits per heavy atom. The lowest BCUT2D eigenvalue weighted by Crippen LogP contribution is -2.32. The fourth-order valence-electron chi connectivity index (χ4n) is 2.15. The van der Waals surface area contributed by atoms with Gasteiger partial charge in [-0.3, -0.25) is 4.79 Å². The van der Waals surface area contributed by atoms with Gasteiger partial charge in [0.2, 0.25) is 0 Å². The summed E-state index contributed by atoms with van der Waals surface area (Å²) in [5.74, 6) is 0.0249. The van der Waals surface area contributed by atoms with E-state index in [1.54, 1.807) is 18.2 Å². The van der Waals surface area contributed by atoms with E-state index in [1.807, 2.05) is 4.90 Å². The van der Waals surface area contributed by atoms with Crippen LogP contribution < -0.4 is 5.73 Å². The highest BCUT2D eigenvalue weighted by Crippen LogP contribution is 2.22. The molecular weight excluding hydrogens is 271 g/mol. The van der Waals surface area contributed by atoms with Crippen molar-refractivity contribution in [3.05, 3.63) is 28.8 Å². The van der Waals surface area contributed by atoms with E-state index in [9.17, 15) is 4.79 Å². The third kappa shape index (κ3) is 3.53. The Kier molecular flexibility index (Phi) is 5.76. The maximum absolute atomic E-state index is 12.3. The molecule has 1 aromatic carbocycles. The van der Waals surface area contributed by atoms with Crippen LogP contribution in [-0.4, -0.2) is 23.9 Å². The van der Waals surface area contributed by atoms with Gasteiger partial charge in [0, 0.05) is 18.8 Å². The summed E-state index contributed by atoms with van der Waals surface area (Å²) in [6, 6.07) is 5.06. The second-order valence-corrected chi connectivity index (χ2v) is 4.85. The molecule has 1 fully saturated rings. The third-order valence-corrected chi connectivity index (χ3v) is 3.43. The van der Waals surface area contributed by atoms with E-state index in [0.29, 0.717) is 16.3 Å². The van der Waals surface area contributed by atoms with Crippen LogP contribution in [0.25, 0.3) is 0 Å². The van der Waals surface area contributed by atoms with E-state index in [4.69, 9.17) is 17.3 Å². The zero-order valence-corrected chi connectivity index (χ0v) is 11.8. The summed E-state index contributed by atoms with van der Waals surface area (Å²) in [5, 5.41) is 0.444. The summed E-state index contributed by atoms with van der Waals surface area (Å²) in [6.45, 7) is 1.67. The second kappa shape index (κ2) is 6.86. The van der Waals surface area contributed by atoms with Gasteiger partial charge in [-0.05, 0) is 31.0 Å². The molecular formula is C13H18Cl2N2O. The number of hydrogen-bond acceptors (Lipinski definition) is 2. The number of nitrogens with zero attached hydrogens (tertiary/aromatic N) is 1. The van der Waals surface area contributed by atoms with E-state index in [-0.39, 0.29) is 18.3 Å². The molecule has 0 saturated carbocycles. The minimum atomic E-state index is 0.